The molecule has 3 rings (SSSR count). The van der Waals surface area contributed by atoms with Crippen molar-refractivity contribution in [3.63, 3.8) is 0 Å². The van der Waals surface area contributed by atoms with Crippen LogP contribution in [-0.2, 0) is 9.53 Å². The van der Waals surface area contributed by atoms with Gasteiger partial charge in [-0.15, -0.1) is 0 Å². The molecule has 1 aliphatic carbocycles. The van der Waals surface area contributed by atoms with E-state index in [2.05, 4.69) is 25.9 Å². The normalized spacial score (nSPS) is 13.7. The number of thioether (sulfide) groups is 1. The standard InChI is InChI=1S/C21H26N6O3S/c1-4-30-20(29)16-10-24-21(26-18(16)23)31-11-17(28)25-19-15(9-22)12(2)13(3)27(19)14-7-5-6-8-14/h10,14H,4-8,11H2,1-3H3,(H,25,28)(H2,23,24,26). The minimum atomic E-state index is -0.586. The maximum atomic E-state index is 12.7. The smallest absolute Gasteiger partial charge is 0.343 e. The zero-order chi connectivity index (χ0) is 22.5. The Kier molecular flexibility index (Phi) is 7.17. The van der Waals surface area contributed by atoms with Gasteiger partial charge >= 0.3 is 5.97 Å². The van der Waals surface area contributed by atoms with E-state index in [1.165, 1.54) is 6.20 Å². The highest BCUT2D eigenvalue weighted by Crippen LogP contribution is 2.37. The highest BCUT2D eigenvalue weighted by Gasteiger charge is 2.26. The fraction of sp³-hybridized carbons (Fsp3) is 0.476. The summed E-state index contributed by atoms with van der Waals surface area (Å²) in [5.74, 6) is -0.249. The second-order valence-corrected chi connectivity index (χ2v) is 8.31. The van der Waals surface area contributed by atoms with E-state index in [4.69, 9.17) is 10.5 Å². The number of nitrogen functional groups attached to an aromatic ring is 1. The Labute approximate surface area is 185 Å². The fourth-order valence-corrected chi connectivity index (χ4v) is 4.44. The van der Waals surface area contributed by atoms with Crippen molar-refractivity contribution in [1.29, 1.82) is 5.26 Å². The molecule has 1 amide bonds. The first-order chi connectivity index (χ1) is 14.9. The summed E-state index contributed by atoms with van der Waals surface area (Å²) >= 11 is 1.10. The van der Waals surface area contributed by atoms with Crippen LogP contribution in [0, 0.1) is 25.2 Å². The average molecular weight is 443 g/mol. The van der Waals surface area contributed by atoms with Gasteiger partial charge in [0.25, 0.3) is 0 Å². The van der Waals surface area contributed by atoms with Gasteiger partial charge in [-0.1, -0.05) is 24.6 Å². The Morgan fingerprint density at radius 2 is 2.10 bits per heavy atom. The summed E-state index contributed by atoms with van der Waals surface area (Å²) in [5.41, 5.74) is 8.32. The molecule has 1 saturated carbocycles. The number of nitrogens with zero attached hydrogens (tertiary/aromatic N) is 4. The van der Waals surface area contributed by atoms with Crippen molar-refractivity contribution in [2.45, 2.75) is 57.7 Å². The van der Waals surface area contributed by atoms with Crippen molar-refractivity contribution in [3.8, 4) is 6.07 Å². The molecule has 2 aromatic heterocycles. The van der Waals surface area contributed by atoms with Gasteiger partial charge in [0, 0.05) is 17.9 Å². The van der Waals surface area contributed by atoms with Crippen molar-refractivity contribution in [3.05, 3.63) is 28.6 Å². The third kappa shape index (κ3) is 4.82. The molecule has 9 nitrogen and oxygen atoms in total. The van der Waals surface area contributed by atoms with Gasteiger partial charge in [-0.05, 0) is 39.2 Å². The molecule has 0 aliphatic heterocycles. The Morgan fingerprint density at radius 1 is 1.39 bits per heavy atom. The topological polar surface area (TPSA) is 136 Å². The number of rotatable bonds is 7. The van der Waals surface area contributed by atoms with Gasteiger partial charge < -0.3 is 20.4 Å². The lowest BCUT2D eigenvalue weighted by molar-refractivity contribution is -0.113. The number of carbonyl (C=O) groups is 2. The van der Waals surface area contributed by atoms with E-state index in [1.54, 1.807) is 6.92 Å². The lowest BCUT2D eigenvalue weighted by Crippen LogP contribution is -2.20. The van der Waals surface area contributed by atoms with Crippen LogP contribution in [0.4, 0.5) is 11.6 Å². The first-order valence-corrected chi connectivity index (χ1v) is 11.2. The van der Waals surface area contributed by atoms with Gasteiger partial charge in [-0.25, -0.2) is 14.8 Å². The lowest BCUT2D eigenvalue weighted by atomic mass is 10.2. The average Bonchev–Trinajstić information content (AvgIpc) is 3.34. The minimum absolute atomic E-state index is 0.00415. The van der Waals surface area contributed by atoms with Crippen LogP contribution in [0.25, 0.3) is 0 Å². The Hall–Kier alpha value is -3.06. The molecular formula is C21H26N6O3S. The summed E-state index contributed by atoms with van der Waals surface area (Å²) in [6, 6.07) is 2.53. The van der Waals surface area contributed by atoms with Gasteiger partial charge in [0.2, 0.25) is 5.91 Å². The maximum Gasteiger partial charge on any atom is 0.343 e. The number of hydrogen-bond donors (Lipinski definition) is 2. The number of nitrogens with one attached hydrogen (secondary N) is 1. The number of nitriles is 1. The van der Waals surface area contributed by atoms with Crippen LogP contribution in [0.1, 0.15) is 65.8 Å². The van der Waals surface area contributed by atoms with Crippen molar-refractivity contribution < 1.29 is 14.3 Å². The van der Waals surface area contributed by atoms with E-state index in [-0.39, 0.29) is 34.8 Å². The molecule has 0 bridgehead atoms. The number of esters is 1. The number of hydrogen-bond acceptors (Lipinski definition) is 8. The number of amides is 1. The zero-order valence-corrected chi connectivity index (χ0v) is 18.7. The molecule has 3 N–H and O–H groups in total. The summed E-state index contributed by atoms with van der Waals surface area (Å²) in [7, 11) is 0. The van der Waals surface area contributed by atoms with E-state index in [9.17, 15) is 14.9 Å². The number of anilines is 2. The van der Waals surface area contributed by atoms with Crippen molar-refractivity contribution >= 4 is 35.3 Å². The quantitative estimate of drug-likeness (QED) is 0.378. The maximum absolute atomic E-state index is 12.7. The third-order valence-electron chi connectivity index (χ3n) is 5.44. The van der Waals surface area contributed by atoms with E-state index in [1.807, 2.05) is 13.8 Å². The number of nitrogens with two attached hydrogens (primary N) is 1. The van der Waals surface area contributed by atoms with E-state index in [0.717, 1.165) is 48.7 Å². The van der Waals surface area contributed by atoms with Crippen molar-refractivity contribution in [2.75, 3.05) is 23.4 Å². The predicted molar refractivity (Wildman–Crippen MR) is 118 cm³/mol. The van der Waals surface area contributed by atoms with Gasteiger partial charge in [0.1, 0.15) is 23.3 Å². The molecule has 31 heavy (non-hydrogen) atoms. The second kappa shape index (κ2) is 9.83. The largest absolute Gasteiger partial charge is 0.462 e. The highest BCUT2D eigenvalue weighted by molar-refractivity contribution is 7.99. The van der Waals surface area contributed by atoms with Crippen LogP contribution < -0.4 is 11.1 Å². The molecule has 164 valence electrons. The molecule has 2 heterocycles. The van der Waals surface area contributed by atoms with Crippen LogP contribution in [-0.4, -0.2) is 38.8 Å². The Balaban J connectivity index is 1.72. The first kappa shape index (κ1) is 22.6. The molecular weight excluding hydrogens is 416 g/mol. The third-order valence-corrected chi connectivity index (χ3v) is 6.30. The van der Waals surface area contributed by atoms with Crippen LogP contribution >= 0.6 is 11.8 Å². The molecule has 0 atom stereocenters. The molecule has 1 aliphatic rings. The van der Waals surface area contributed by atoms with Crippen LogP contribution in [0.2, 0.25) is 0 Å². The summed E-state index contributed by atoms with van der Waals surface area (Å²) in [5, 5.41) is 12.8. The lowest BCUT2D eigenvalue weighted by Gasteiger charge is -2.19. The zero-order valence-electron chi connectivity index (χ0n) is 17.9. The van der Waals surface area contributed by atoms with Gasteiger partial charge in [0.05, 0.1) is 17.9 Å². The van der Waals surface area contributed by atoms with Crippen LogP contribution in [0.5, 0.6) is 0 Å². The van der Waals surface area contributed by atoms with Crippen LogP contribution in [0.3, 0.4) is 0 Å². The molecule has 0 aromatic carbocycles. The van der Waals surface area contributed by atoms with Gasteiger partial charge in [-0.3, -0.25) is 4.79 Å². The summed E-state index contributed by atoms with van der Waals surface area (Å²) < 4.78 is 7.00. The molecule has 0 radical (unpaired) electrons. The van der Waals surface area contributed by atoms with Crippen molar-refractivity contribution in [2.24, 2.45) is 0 Å². The Morgan fingerprint density at radius 3 is 2.71 bits per heavy atom. The van der Waals surface area contributed by atoms with Gasteiger partial charge in [0.15, 0.2) is 5.16 Å². The minimum Gasteiger partial charge on any atom is -0.462 e. The number of ether oxygens (including phenoxy) is 1. The summed E-state index contributed by atoms with van der Waals surface area (Å²) in [4.78, 5) is 32.6. The monoisotopic (exact) mass is 442 g/mol. The molecule has 1 fully saturated rings. The summed E-state index contributed by atoms with van der Waals surface area (Å²) in [6.45, 7) is 5.81. The Bertz CT molecular complexity index is 1040. The molecule has 0 unspecified atom stereocenters. The summed E-state index contributed by atoms with van der Waals surface area (Å²) in [6.07, 6.45) is 5.67. The van der Waals surface area contributed by atoms with E-state index >= 15 is 0 Å². The fourth-order valence-electron chi connectivity index (χ4n) is 3.82. The van der Waals surface area contributed by atoms with Crippen LogP contribution in [0.15, 0.2) is 11.4 Å². The number of aromatic nitrogens is 3. The van der Waals surface area contributed by atoms with E-state index < -0.39 is 5.97 Å². The number of carbonyl (C=O) groups excluding carboxylic acids is 2. The highest BCUT2D eigenvalue weighted by atomic mass is 32.2. The SMILES string of the molecule is CCOC(=O)c1cnc(SCC(=O)Nc2c(C#N)c(C)c(C)n2C2CCCC2)nc1N. The van der Waals surface area contributed by atoms with Crippen molar-refractivity contribution in [1.82, 2.24) is 14.5 Å². The van der Waals surface area contributed by atoms with E-state index in [0.29, 0.717) is 17.4 Å². The molecule has 0 spiro atoms. The van der Waals surface area contributed by atoms with Gasteiger partial charge in [-0.2, -0.15) is 5.26 Å². The molecule has 10 heteroatoms. The second-order valence-electron chi connectivity index (χ2n) is 7.36. The first-order valence-electron chi connectivity index (χ1n) is 10.2. The predicted octanol–water partition coefficient (Wildman–Crippen LogP) is 3.37. The molecule has 2 aromatic rings. The molecule has 0 saturated heterocycles.